The molecule has 7 heteroatoms. The quantitative estimate of drug-likeness (QED) is 0.401. The third-order valence-electron chi connectivity index (χ3n) is 4.74. The molecule has 2 heterocycles. The van der Waals surface area contributed by atoms with Crippen LogP contribution in [0, 0.1) is 6.92 Å². The van der Waals surface area contributed by atoms with Crippen LogP contribution >= 0.6 is 24.0 Å². The number of nitrogens with one attached hydrogen (secondary N) is 2. The van der Waals surface area contributed by atoms with Gasteiger partial charge in [-0.15, -0.1) is 24.0 Å². The standard InChI is InChI=1S/C19H27N5O.HI/c1-15-5-3-4-6-16(15)14-24-10-7-17(8-11-24)22-19(20-2)21-13-18-9-12-25-23-18;/h3-6,9,12,17H,7-8,10-11,13-14H2,1-2H3,(H2,20,21,22);1H. The number of nitrogens with zero attached hydrogens (tertiary/aromatic N) is 3. The largest absolute Gasteiger partial charge is 0.364 e. The van der Waals surface area contributed by atoms with Crippen LogP contribution in [-0.2, 0) is 13.1 Å². The van der Waals surface area contributed by atoms with Crippen molar-refractivity contribution in [2.24, 2.45) is 4.99 Å². The summed E-state index contributed by atoms with van der Waals surface area (Å²) in [5.74, 6) is 0.820. The van der Waals surface area contributed by atoms with Gasteiger partial charge in [-0.25, -0.2) is 0 Å². The second-order valence-electron chi connectivity index (χ2n) is 6.54. The third kappa shape index (κ3) is 5.98. The Morgan fingerprint density at radius 2 is 2.04 bits per heavy atom. The van der Waals surface area contributed by atoms with Crippen LogP contribution in [0.5, 0.6) is 0 Å². The van der Waals surface area contributed by atoms with Crippen molar-refractivity contribution in [2.75, 3.05) is 20.1 Å². The Hall–Kier alpha value is -1.61. The fraction of sp³-hybridized carbons (Fsp3) is 0.474. The molecule has 0 radical (unpaired) electrons. The highest BCUT2D eigenvalue weighted by molar-refractivity contribution is 14.0. The van der Waals surface area contributed by atoms with Gasteiger partial charge in [0, 0.05) is 38.8 Å². The summed E-state index contributed by atoms with van der Waals surface area (Å²) in [5, 5.41) is 10.7. The number of benzene rings is 1. The lowest BCUT2D eigenvalue weighted by Crippen LogP contribution is -2.48. The van der Waals surface area contributed by atoms with E-state index in [0.717, 1.165) is 44.1 Å². The molecule has 1 aromatic heterocycles. The Morgan fingerprint density at radius 1 is 1.27 bits per heavy atom. The van der Waals surface area contributed by atoms with Crippen LogP contribution in [0.3, 0.4) is 0 Å². The smallest absolute Gasteiger partial charge is 0.191 e. The molecule has 1 aliphatic heterocycles. The summed E-state index contributed by atoms with van der Waals surface area (Å²) < 4.78 is 4.84. The van der Waals surface area contributed by atoms with Gasteiger partial charge in [0.2, 0.25) is 0 Å². The summed E-state index contributed by atoms with van der Waals surface area (Å²) in [6, 6.07) is 11.0. The molecule has 1 saturated heterocycles. The Labute approximate surface area is 172 Å². The van der Waals surface area contributed by atoms with Crippen LogP contribution in [0.15, 0.2) is 46.1 Å². The van der Waals surface area contributed by atoms with Crippen LogP contribution in [0.25, 0.3) is 0 Å². The van der Waals surface area contributed by atoms with Gasteiger partial charge in [0.25, 0.3) is 0 Å². The summed E-state index contributed by atoms with van der Waals surface area (Å²) in [7, 11) is 1.80. The maximum Gasteiger partial charge on any atom is 0.191 e. The number of hydrogen-bond donors (Lipinski definition) is 2. The maximum absolute atomic E-state index is 4.84. The van der Waals surface area contributed by atoms with E-state index in [0.29, 0.717) is 12.6 Å². The normalized spacial score (nSPS) is 16.2. The van der Waals surface area contributed by atoms with Gasteiger partial charge in [-0.1, -0.05) is 29.4 Å². The van der Waals surface area contributed by atoms with E-state index in [1.165, 1.54) is 11.1 Å². The minimum absolute atomic E-state index is 0. The maximum atomic E-state index is 4.84. The van der Waals surface area contributed by atoms with Gasteiger partial charge in [0.05, 0.1) is 6.54 Å². The van der Waals surface area contributed by atoms with Gasteiger partial charge in [-0.3, -0.25) is 9.89 Å². The number of hydrogen-bond acceptors (Lipinski definition) is 4. The van der Waals surface area contributed by atoms with Crippen LogP contribution in [0.1, 0.15) is 29.7 Å². The monoisotopic (exact) mass is 469 g/mol. The molecule has 0 spiro atoms. The lowest BCUT2D eigenvalue weighted by atomic mass is 10.0. The molecule has 3 rings (SSSR count). The average Bonchev–Trinajstić information content (AvgIpc) is 3.15. The lowest BCUT2D eigenvalue weighted by Gasteiger charge is -2.33. The molecule has 0 atom stereocenters. The van der Waals surface area contributed by atoms with Gasteiger partial charge in [-0.05, 0) is 30.9 Å². The van der Waals surface area contributed by atoms with Crippen molar-refractivity contribution in [3.8, 4) is 0 Å². The molecule has 0 bridgehead atoms. The van der Waals surface area contributed by atoms with Crippen molar-refractivity contribution in [3.63, 3.8) is 0 Å². The first-order chi connectivity index (χ1) is 12.2. The van der Waals surface area contributed by atoms with E-state index in [-0.39, 0.29) is 24.0 Å². The number of aromatic nitrogens is 1. The second kappa shape index (κ2) is 10.5. The van der Waals surface area contributed by atoms with E-state index in [2.05, 4.69) is 56.9 Å². The van der Waals surface area contributed by atoms with Crippen LogP contribution in [0.2, 0.25) is 0 Å². The van der Waals surface area contributed by atoms with Crippen molar-refractivity contribution in [2.45, 2.75) is 38.9 Å². The summed E-state index contributed by atoms with van der Waals surface area (Å²) >= 11 is 0. The highest BCUT2D eigenvalue weighted by Crippen LogP contribution is 2.16. The number of guanidine groups is 1. The molecular weight excluding hydrogens is 441 g/mol. The van der Waals surface area contributed by atoms with Crippen LogP contribution in [-0.4, -0.2) is 42.2 Å². The highest BCUT2D eigenvalue weighted by Gasteiger charge is 2.20. The van der Waals surface area contributed by atoms with Crippen LogP contribution in [0.4, 0.5) is 0 Å². The summed E-state index contributed by atoms with van der Waals surface area (Å²) in [5.41, 5.74) is 3.68. The molecule has 0 aliphatic carbocycles. The number of rotatable bonds is 5. The Bertz CT molecular complexity index is 681. The summed E-state index contributed by atoms with van der Waals surface area (Å²) in [6.07, 6.45) is 3.82. The zero-order valence-corrected chi connectivity index (χ0v) is 17.8. The average molecular weight is 469 g/mol. The van der Waals surface area contributed by atoms with Crippen molar-refractivity contribution in [1.82, 2.24) is 20.7 Å². The first-order valence-corrected chi connectivity index (χ1v) is 8.88. The van der Waals surface area contributed by atoms with E-state index >= 15 is 0 Å². The predicted octanol–water partition coefficient (Wildman–Crippen LogP) is 2.93. The fourth-order valence-corrected chi connectivity index (χ4v) is 3.15. The van der Waals surface area contributed by atoms with E-state index < -0.39 is 0 Å². The van der Waals surface area contributed by atoms with Crippen LogP contribution < -0.4 is 10.6 Å². The molecule has 6 nitrogen and oxygen atoms in total. The van der Waals surface area contributed by atoms with E-state index in [9.17, 15) is 0 Å². The molecule has 1 aliphatic rings. The fourth-order valence-electron chi connectivity index (χ4n) is 3.15. The molecule has 0 unspecified atom stereocenters. The topological polar surface area (TPSA) is 65.7 Å². The third-order valence-corrected chi connectivity index (χ3v) is 4.74. The molecule has 142 valence electrons. The molecule has 0 saturated carbocycles. The molecule has 2 N–H and O–H groups in total. The number of likely N-dealkylation sites (tertiary alicyclic amines) is 1. The predicted molar refractivity (Wildman–Crippen MR) is 115 cm³/mol. The summed E-state index contributed by atoms with van der Waals surface area (Å²) in [4.78, 5) is 6.84. The highest BCUT2D eigenvalue weighted by atomic mass is 127. The number of aryl methyl sites for hydroxylation is 1. The Morgan fingerprint density at radius 3 is 2.69 bits per heavy atom. The number of aliphatic imine (C=N–C) groups is 1. The molecule has 26 heavy (non-hydrogen) atoms. The van der Waals surface area contributed by atoms with Gasteiger partial charge in [0.1, 0.15) is 12.0 Å². The van der Waals surface area contributed by atoms with Crippen molar-refractivity contribution in [1.29, 1.82) is 0 Å². The lowest BCUT2D eigenvalue weighted by molar-refractivity contribution is 0.198. The Kier molecular flexibility index (Phi) is 8.37. The molecule has 0 amide bonds. The van der Waals surface area contributed by atoms with Crippen molar-refractivity contribution < 1.29 is 4.52 Å². The Balaban J connectivity index is 0.00000243. The number of piperidine rings is 1. The molecule has 1 aromatic carbocycles. The SMILES string of the molecule is CN=C(NCc1ccon1)NC1CCN(Cc2ccccc2C)CC1.I. The van der Waals surface area contributed by atoms with Crippen molar-refractivity contribution >= 4 is 29.9 Å². The van der Waals surface area contributed by atoms with Crippen molar-refractivity contribution in [3.05, 3.63) is 53.4 Å². The minimum atomic E-state index is 0. The first-order valence-electron chi connectivity index (χ1n) is 8.88. The van der Waals surface area contributed by atoms with Gasteiger partial charge in [0.15, 0.2) is 5.96 Å². The number of halogens is 1. The first kappa shape index (κ1) is 20.7. The molecule has 1 fully saturated rings. The zero-order valence-electron chi connectivity index (χ0n) is 15.4. The minimum Gasteiger partial charge on any atom is -0.364 e. The van der Waals surface area contributed by atoms with E-state index in [4.69, 9.17) is 4.52 Å². The molecular formula is C19H28IN5O. The van der Waals surface area contributed by atoms with E-state index in [1.807, 2.05) is 6.07 Å². The van der Waals surface area contributed by atoms with Gasteiger partial charge < -0.3 is 15.2 Å². The zero-order chi connectivity index (χ0) is 17.5. The summed E-state index contributed by atoms with van der Waals surface area (Å²) in [6.45, 7) is 6.05. The van der Waals surface area contributed by atoms with E-state index in [1.54, 1.807) is 13.3 Å². The second-order valence-corrected chi connectivity index (χ2v) is 6.54. The molecule has 2 aromatic rings. The van der Waals surface area contributed by atoms with Gasteiger partial charge >= 0.3 is 0 Å². The van der Waals surface area contributed by atoms with Gasteiger partial charge in [-0.2, -0.15) is 0 Å².